The molecule has 0 unspecified atom stereocenters. The number of benzene rings is 3. The Labute approximate surface area is 187 Å². The molecule has 1 aromatic heterocycles. The van der Waals surface area contributed by atoms with Crippen LogP contribution in [-0.2, 0) is 6.42 Å². The highest BCUT2D eigenvalue weighted by molar-refractivity contribution is 5.99. The van der Waals surface area contributed by atoms with Crippen LogP contribution in [0.5, 0.6) is 0 Å². The van der Waals surface area contributed by atoms with E-state index in [2.05, 4.69) is 39.6 Å². The fourth-order valence-electron chi connectivity index (χ4n) is 3.86. The minimum absolute atomic E-state index is 0.0935. The monoisotopic (exact) mass is 420 g/mol. The van der Waals surface area contributed by atoms with Gasteiger partial charge in [-0.1, -0.05) is 42.5 Å². The summed E-state index contributed by atoms with van der Waals surface area (Å²) in [6.45, 7) is 4.41. The number of fused-ring (bicyclic) bond motifs is 2. The number of aryl methyl sites for hydroxylation is 1. The molecule has 0 saturated carbocycles. The largest absolute Gasteiger partial charge is 0.379 e. The van der Waals surface area contributed by atoms with Crippen LogP contribution in [0.4, 0.5) is 28.6 Å². The second kappa shape index (κ2) is 8.30. The lowest BCUT2D eigenvalue weighted by molar-refractivity contribution is 0.497. The molecule has 2 heterocycles. The molecule has 0 bridgehead atoms. The topological polar surface area (TPSA) is 74.4 Å². The van der Waals surface area contributed by atoms with Gasteiger partial charge in [0.15, 0.2) is 5.82 Å². The molecule has 3 aromatic carbocycles. The third-order valence-corrected chi connectivity index (χ3v) is 5.59. The summed E-state index contributed by atoms with van der Waals surface area (Å²) in [6, 6.07) is 25.5. The molecule has 0 spiro atoms. The van der Waals surface area contributed by atoms with E-state index < -0.39 is 0 Å². The summed E-state index contributed by atoms with van der Waals surface area (Å²) < 4.78 is 0. The normalized spacial score (nSPS) is 15.2. The van der Waals surface area contributed by atoms with Gasteiger partial charge in [0.1, 0.15) is 0 Å². The molecular formula is C26H24N6. The van der Waals surface area contributed by atoms with Crippen LogP contribution in [0.2, 0.25) is 0 Å². The predicted octanol–water partition coefficient (Wildman–Crippen LogP) is 8.20. The first kappa shape index (κ1) is 20.0. The maximum Gasteiger partial charge on any atom is 0.174 e. The highest BCUT2D eigenvalue weighted by atomic mass is 15.2. The van der Waals surface area contributed by atoms with E-state index >= 15 is 0 Å². The van der Waals surface area contributed by atoms with Crippen LogP contribution in [0.15, 0.2) is 99.3 Å². The highest BCUT2D eigenvalue weighted by Gasteiger charge is 2.24. The van der Waals surface area contributed by atoms with Crippen molar-refractivity contribution in [3.05, 3.63) is 84.6 Å². The first-order valence-corrected chi connectivity index (χ1v) is 10.8. The molecule has 158 valence electrons. The Morgan fingerprint density at radius 3 is 2.09 bits per heavy atom. The van der Waals surface area contributed by atoms with E-state index in [0.717, 1.165) is 52.1 Å². The smallest absolute Gasteiger partial charge is 0.174 e. The van der Waals surface area contributed by atoms with Crippen LogP contribution in [0, 0.1) is 0 Å². The zero-order valence-electron chi connectivity index (χ0n) is 18.2. The number of hydrogen-bond acceptors (Lipinski definition) is 6. The van der Waals surface area contributed by atoms with Crippen molar-refractivity contribution in [1.82, 2.24) is 4.98 Å². The number of nitrogens with one attached hydrogen (secondary N) is 1. The Balaban J connectivity index is 1.44. The Morgan fingerprint density at radius 2 is 1.38 bits per heavy atom. The Hall–Kier alpha value is -3.93. The SMILES string of the molecule is CC1(C)CCc2nc(N=Nc3ccc(N=Nc4ccccc4)c4ccccc34)ccc2N1. The van der Waals surface area contributed by atoms with E-state index in [-0.39, 0.29) is 5.54 Å². The van der Waals surface area contributed by atoms with Crippen molar-refractivity contribution in [1.29, 1.82) is 0 Å². The second-order valence-corrected chi connectivity index (χ2v) is 8.56. The van der Waals surface area contributed by atoms with Crippen LogP contribution in [0.25, 0.3) is 10.8 Å². The fourth-order valence-corrected chi connectivity index (χ4v) is 3.86. The molecule has 0 aliphatic carbocycles. The molecule has 0 saturated heterocycles. The van der Waals surface area contributed by atoms with Crippen LogP contribution in [0.1, 0.15) is 26.0 Å². The molecule has 0 fully saturated rings. The van der Waals surface area contributed by atoms with Crippen LogP contribution in [-0.4, -0.2) is 10.5 Å². The molecule has 6 heteroatoms. The van der Waals surface area contributed by atoms with Gasteiger partial charge in [0.05, 0.1) is 28.4 Å². The number of nitrogens with zero attached hydrogens (tertiary/aromatic N) is 5. The minimum Gasteiger partial charge on any atom is -0.379 e. The van der Waals surface area contributed by atoms with Crippen molar-refractivity contribution >= 4 is 39.3 Å². The maximum absolute atomic E-state index is 4.70. The summed E-state index contributed by atoms with van der Waals surface area (Å²) in [5, 5.41) is 23.2. The first-order chi connectivity index (χ1) is 15.6. The molecule has 32 heavy (non-hydrogen) atoms. The van der Waals surface area contributed by atoms with E-state index in [1.165, 1.54) is 0 Å². The number of rotatable bonds is 4. The van der Waals surface area contributed by atoms with Gasteiger partial charge in [-0.25, -0.2) is 4.98 Å². The average Bonchev–Trinajstić information content (AvgIpc) is 2.82. The molecule has 1 aliphatic rings. The average molecular weight is 421 g/mol. The lowest BCUT2D eigenvalue weighted by atomic mass is 9.92. The van der Waals surface area contributed by atoms with E-state index in [4.69, 9.17) is 4.98 Å². The van der Waals surface area contributed by atoms with Gasteiger partial charge in [-0.15, -0.1) is 15.3 Å². The lowest BCUT2D eigenvalue weighted by Crippen LogP contribution is -2.35. The molecule has 6 nitrogen and oxygen atoms in total. The summed E-state index contributed by atoms with van der Waals surface area (Å²) in [6.07, 6.45) is 1.97. The molecule has 0 radical (unpaired) electrons. The summed E-state index contributed by atoms with van der Waals surface area (Å²) in [7, 11) is 0. The van der Waals surface area contributed by atoms with E-state index in [1.807, 2.05) is 78.9 Å². The maximum atomic E-state index is 4.70. The van der Waals surface area contributed by atoms with Crippen molar-refractivity contribution in [2.45, 2.75) is 32.2 Å². The van der Waals surface area contributed by atoms with Crippen molar-refractivity contribution in [2.24, 2.45) is 20.5 Å². The van der Waals surface area contributed by atoms with Gasteiger partial charge in [-0.3, -0.25) is 0 Å². The molecular weight excluding hydrogens is 396 g/mol. The van der Waals surface area contributed by atoms with Crippen molar-refractivity contribution < 1.29 is 0 Å². The Kier molecular flexibility index (Phi) is 5.19. The molecule has 4 aromatic rings. The number of azo groups is 2. The first-order valence-electron chi connectivity index (χ1n) is 10.8. The van der Waals surface area contributed by atoms with Crippen LogP contribution < -0.4 is 5.32 Å². The van der Waals surface area contributed by atoms with Crippen molar-refractivity contribution in [3.63, 3.8) is 0 Å². The van der Waals surface area contributed by atoms with E-state index in [1.54, 1.807) is 0 Å². The van der Waals surface area contributed by atoms with Gasteiger partial charge in [0.2, 0.25) is 0 Å². The van der Waals surface area contributed by atoms with Crippen molar-refractivity contribution in [2.75, 3.05) is 5.32 Å². The number of hydrogen-bond donors (Lipinski definition) is 1. The van der Waals surface area contributed by atoms with E-state index in [9.17, 15) is 0 Å². The van der Waals surface area contributed by atoms with Gasteiger partial charge in [0, 0.05) is 16.3 Å². The Morgan fingerprint density at radius 1 is 0.719 bits per heavy atom. The minimum atomic E-state index is 0.0935. The fraction of sp³-hybridized carbons (Fsp3) is 0.192. The van der Waals surface area contributed by atoms with Gasteiger partial charge in [0.25, 0.3) is 0 Å². The van der Waals surface area contributed by atoms with Gasteiger partial charge < -0.3 is 5.32 Å². The summed E-state index contributed by atoms with van der Waals surface area (Å²) >= 11 is 0. The third-order valence-electron chi connectivity index (χ3n) is 5.59. The van der Waals surface area contributed by atoms with Gasteiger partial charge in [-0.05, 0) is 63.1 Å². The van der Waals surface area contributed by atoms with E-state index in [0.29, 0.717) is 5.82 Å². The highest BCUT2D eigenvalue weighted by Crippen LogP contribution is 2.35. The number of pyridine rings is 1. The predicted molar refractivity (Wildman–Crippen MR) is 129 cm³/mol. The lowest BCUT2D eigenvalue weighted by Gasteiger charge is -2.33. The number of aromatic nitrogens is 1. The summed E-state index contributed by atoms with van der Waals surface area (Å²) in [5.74, 6) is 0.613. The van der Waals surface area contributed by atoms with Crippen LogP contribution in [0.3, 0.4) is 0 Å². The van der Waals surface area contributed by atoms with Gasteiger partial charge in [-0.2, -0.15) is 5.11 Å². The summed E-state index contributed by atoms with van der Waals surface area (Å²) in [5.41, 5.74) is 4.61. The van der Waals surface area contributed by atoms with Crippen molar-refractivity contribution in [3.8, 4) is 0 Å². The zero-order chi connectivity index (χ0) is 22.0. The molecule has 0 atom stereocenters. The second-order valence-electron chi connectivity index (χ2n) is 8.56. The summed E-state index contributed by atoms with van der Waals surface area (Å²) in [4.78, 5) is 4.70. The third kappa shape index (κ3) is 4.25. The zero-order valence-corrected chi connectivity index (χ0v) is 18.2. The van der Waals surface area contributed by atoms with Gasteiger partial charge >= 0.3 is 0 Å². The standard InChI is InChI=1S/C26H24N6/c1-26(2)17-16-23-24(28-26)14-15-25(27-23)32-31-22-13-12-21(19-10-6-7-11-20(19)22)30-29-18-8-4-3-5-9-18/h3-15,28H,16-17H2,1-2H3. The molecule has 5 rings (SSSR count). The Bertz CT molecular complexity index is 1320. The number of anilines is 1. The molecule has 0 amide bonds. The van der Waals surface area contributed by atoms with Crippen LogP contribution >= 0.6 is 0 Å². The molecule has 1 N–H and O–H groups in total. The quantitative estimate of drug-likeness (QED) is 0.338. The molecule has 1 aliphatic heterocycles.